The van der Waals surface area contributed by atoms with Gasteiger partial charge in [0.15, 0.2) is 5.41 Å². The summed E-state index contributed by atoms with van der Waals surface area (Å²) in [5.74, 6) is 0.477. The minimum atomic E-state index is -1.12. The molecule has 1 atom stereocenters. The van der Waals surface area contributed by atoms with E-state index in [1.807, 2.05) is 19.1 Å². The van der Waals surface area contributed by atoms with Gasteiger partial charge in [-0.25, -0.2) is 4.79 Å². The molecule has 0 bridgehead atoms. The third-order valence-electron chi connectivity index (χ3n) is 8.17. The summed E-state index contributed by atoms with van der Waals surface area (Å²) in [6, 6.07) is 21.0. The van der Waals surface area contributed by atoms with Crippen LogP contribution in [0.1, 0.15) is 109 Å². The van der Waals surface area contributed by atoms with Crippen LogP contribution in [-0.4, -0.2) is 5.97 Å². The normalized spacial score (nSPS) is 20.8. The standard InChI is InChI=1S/C33H42N2O2/c1-4-6-7-8-9-21-33(25-35)22-18-29(19-23-33)27-12-10-26(11-13-27)28-14-16-30(17-15-28)37-31(36)32(3,24-34)20-5-2/h10-17,29H,4-9,18-23H2,1-3H3. The molecular formula is C33H42N2O2. The number of ether oxygens (including phenoxy) is 1. The first-order chi connectivity index (χ1) is 17.9. The largest absolute Gasteiger partial charge is 0.425 e. The molecule has 1 saturated carbocycles. The fourth-order valence-corrected chi connectivity index (χ4v) is 5.57. The highest BCUT2D eigenvalue weighted by atomic mass is 16.5. The molecule has 1 aliphatic rings. The highest BCUT2D eigenvalue weighted by Gasteiger charge is 2.36. The van der Waals surface area contributed by atoms with Crippen LogP contribution < -0.4 is 4.74 Å². The van der Waals surface area contributed by atoms with Crippen LogP contribution in [0, 0.1) is 33.5 Å². The zero-order chi connectivity index (χ0) is 26.7. The van der Waals surface area contributed by atoms with Crippen molar-refractivity contribution in [3.05, 3.63) is 54.1 Å². The summed E-state index contributed by atoms with van der Waals surface area (Å²) in [4.78, 5) is 12.5. The highest BCUT2D eigenvalue weighted by Crippen LogP contribution is 2.46. The zero-order valence-electron chi connectivity index (χ0n) is 22.9. The summed E-state index contributed by atoms with van der Waals surface area (Å²) in [6.45, 7) is 5.82. The molecule has 4 nitrogen and oxygen atoms in total. The number of carbonyl (C=O) groups is 1. The number of nitriles is 2. The van der Waals surface area contributed by atoms with Gasteiger partial charge in [0.1, 0.15) is 5.75 Å². The Labute approximate surface area is 223 Å². The van der Waals surface area contributed by atoms with Crippen LogP contribution in [-0.2, 0) is 4.79 Å². The minimum absolute atomic E-state index is 0.116. The van der Waals surface area contributed by atoms with Crippen LogP contribution in [0.4, 0.5) is 0 Å². The van der Waals surface area contributed by atoms with Crippen molar-refractivity contribution in [2.45, 2.75) is 104 Å². The maximum atomic E-state index is 12.5. The van der Waals surface area contributed by atoms with Gasteiger partial charge in [0.25, 0.3) is 0 Å². The fraction of sp³-hybridized carbons (Fsp3) is 0.545. The first-order valence-electron chi connectivity index (χ1n) is 14.1. The maximum Gasteiger partial charge on any atom is 0.331 e. The van der Waals surface area contributed by atoms with E-state index >= 15 is 0 Å². The smallest absolute Gasteiger partial charge is 0.331 e. The Balaban J connectivity index is 1.56. The number of esters is 1. The van der Waals surface area contributed by atoms with Crippen LogP contribution in [0.5, 0.6) is 5.75 Å². The number of rotatable bonds is 12. The molecule has 0 amide bonds. The number of benzene rings is 2. The molecule has 1 unspecified atom stereocenters. The molecule has 0 saturated heterocycles. The Kier molecular flexibility index (Phi) is 10.3. The topological polar surface area (TPSA) is 73.9 Å². The van der Waals surface area contributed by atoms with E-state index < -0.39 is 11.4 Å². The van der Waals surface area contributed by atoms with E-state index in [1.165, 1.54) is 37.7 Å². The lowest BCUT2D eigenvalue weighted by Crippen LogP contribution is -2.30. The molecule has 37 heavy (non-hydrogen) atoms. The van der Waals surface area contributed by atoms with E-state index in [4.69, 9.17) is 4.74 Å². The summed E-state index contributed by atoms with van der Waals surface area (Å²) in [7, 11) is 0. The fourth-order valence-electron chi connectivity index (χ4n) is 5.57. The lowest BCUT2D eigenvalue weighted by Gasteiger charge is -2.35. The van der Waals surface area contributed by atoms with Crippen molar-refractivity contribution >= 4 is 5.97 Å². The van der Waals surface area contributed by atoms with Gasteiger partial charge in [-0.05, 0) is 80.2 Å². The molecule has 1 aliphatic carbocycles. The molecule has 0 heterocycles. The van der Waals surface area contributed by atoms with Gasteiger partial charge in [-0.3, -0.25) is 0 Å². The predicted molar refractivity (Wildman–Crippen MR) is 149 cm³/mol. The second-order valence-corrected chi connectivity index (χ2v) is 11.1. The Bertz CT molecular complexity index is 1080. The Morgan fingerprint density at radius 1 is 0.919 bits per heavy atom. The number of hydrogen-bond acceptors (Lipinski definition) is 4. The molecule has 0 aliphatic heterocycles. The van der Waals surface area contributed by atoms with Crippen molar-refractivity contribution in [1.29, 1.82) is 10.5 Å². The van der Waals surface area contributed by atoms with Crippen molar-refractivity contribution in [3.63, 3.8) is 0 Å². The average Bonchev–Trinajstić information content (AvgIpc) is 2.94. The molecular weight excluding hydrogens is 456 g/mol. The molecule has 0 radical (unpaired) electrons. The van der Waals surface area contributed by atoms with Gasteiger partial charge < -0.3 is 4.74 Å². The third-order valence-corrected chi connectivity index (χ3v) is 8.17. The molecule has 1 fully saturated rings. The lowest BCUT2D eigenvalue weighted by molar-refractivity contribution is -0.142. The van der Waals surface area contributed by atoms with Crippen molar-refractivity contribution in [2.24, 2.45) is 10.8 Å². The van der Waals surface area contributed by atoms with E-state index in [-0.39, 0.29) is 5.41 Å². The second kappa shape index (κ2) is 13.4. The van der Waals surface area contributed by atoms with Crippen molar-refractivity contribution < 1.29 is 9.53 Å². The van der Waals surface area contributed by atoms with Crippen LogP contribution in [0.15, 0.2) is 48.5 Å². The summed E-state index contributed by atoms with van der Waals surface area (Å²) < 4.78 is 5.50. The number of carbonyl (C=O) groups excluding carboxylic acids is 1. The lowest BCUT2D eigenvalue weighted by atomic mass is 9.67. The highest BCUT2D eigenvalue weighted by molar-refractivity contribution is 5.81. The minimum Gasteiger partial charge on any atom is -0.425 e. The predicted octanol–water partition coefficient (Wildman–Crippen LogP) is 9.12. The van der Waals surface area contributed by atoms with Gasteiger partial charge in [-0.1, -0.05) is 88.8 Å². The first-order valence-corrected chi connectivity index (χ1v) is 14.1. The molecule has 0 aromatic heterocycles. The van der Waals surface area contributed by atoms with Crippen LogP contribution in [0.25, 0.3) is 11.1 Å². The molecule has 3 rings (SSSR count). The van der Waals surface area contributed by atoms with E-state index in [2.05, 4.69) is 43.3 Å². The van der Waals surface area contributed by atoms with Crippen molar-refractivity contribution in [2.75, 3.05) is 0 Å². The summed E-state index contributed by atoms with van der Waals surface area (Å²) in [6.07, 6.45) is 12.7. The van der Waals surface area contributed by atoms with Gasteiger partial charge in [-0.15, -0.1) is 0 Å². The van der Waals surface area contributed by atoms with E-state index in [1.54, 1.807) is 19.1 Å². The summed E-state index contributed by atoms with van der Waals surface area (Å²) >= 11 is 0. The van der Waals surface area contributed by atoms with E-state index in [9.17, 15) is 15.3 Å². The van der Waals surface area contributed by atoms with Crippen molar-refractivity contribution in [3.8, 4) is 29.0 Å². The third kappa shape index (κ3) is 7.45. The Hall–Kier alpha value is -3.11. The Morgan fingerprint density at radius 2 is 1.51 bits per heavy atom. The number of nitrogens with zero attached hydrogens (tertiary/aromatic N) is 2. The molecule has 2 aromatic rings. The van der Waals surface area contributed by atoms with Gasteiger partial charge in [0.05, 0.1) is 17.6 Å². The second-order valence-electron chi connectivity index (χ2n) is 11.1. The van der Waals surface area contributed by atoms with Gasteiger partial charge >= 0.3 is 5.97 Å². The summed E-state index contributed by atoms with van der Waals surface area (Å²) in [5.41, 5.74) is 2.29. The van der Waals surface area contributed by atoms with E-state index in [0.717, 1.165) is 49.7 Å². The first kappa shape index (κ1) is 28.5. The molecule has 0 spiro atoms. The monoisotopic (exact) mass is 498 g/mol. The average molecular weight is 499 g/mol. The molecule has 2 aromatic carbocycles. The SMILES string of the molecule is CCCCCCCC1(C#N)CCC(c2ccc(-c3ccc(OC(=O)C(C)(C#N)CCC)cc3)cc2)CC1. The maximum absolute atomic E-state index is 12.5. The molecule has 0 N–H and O–H groups in total. The molecule has 4 heteroatoms. The van der Waals surface area contributed by atoms with Crippen LogP contribution in [0.3, 0.4) is 0 Å². The quantitative estimate of drug-likeness (QED) is 0.166. The zero-order valence-corrected chi connectivity index (χ0v) is 22.9. The summed E-state index contributed by atoms with van der Waals surface area (Å²) in [5, 5.41) is 19.3. The van der Waals surface area contributed by atoms with Crippen molar-refractivity contribution in [1.82, 2.24) is 0 Å². The van der Waals surface area contributed by atoms with Gasteiger partial charge in [-0.2, -0.15) is 10.5 Å². The Morgan fingerprint density at radius 3 is 2.05 bits per heavy atom. The molecule has 196 valence electrons. The number of hydrogen-bond donors (Lipinski definition) is 0. The van der Waals surface area contributed by atoms with Crippen LogP contribution in [0.2, 0.25) is 0 Å². The van der Waals surface area contributed by atoms with E-state index in [0.29, 0.717) is 18.1 Å². The van der Waals surface area contributed by atoms with Gasteiger partial charge in [0.2, 0.25) is 0 Å². The number of unbranched alkanes of at least 4 members (excludes halogenated alkanes) is 4. The van der Waals surface area contributed by atoms with Gasteiger partial charge in [0, 0.05) is 0 Å². The van der Waals surface area contributed by atoms with Crippen LogP contribution >= 0.6 is 0 Å².